The number of pyridine rings is 1. The maximum atomic E-state index is 13.3. The quantitative estimate of drug-likeness (QED) is 0.714. The topological polar surface area (TPSA) is 28.7 Å². The van der Waals surface area contributed by atoms with Gasteiger partial charge >= 0.3 is 0 Å². The monoisotopic (exact) mass is 178 g/mol. The summed E-state index contributed by atoms with van der Waals surface area (Å²) in [6.07, 6.45) is 3.05. The summed E-state index contributed by atoms with van der Waals surface area (Å²) >= 11 is 0. The largest absolute Gasteiger partial charge is 0.343 e. The smallest absolute Gasteiger partial charge is 0.150 e. The molecule has 2 nitrogen and oxygen atoms in total. The zero-order valence-electron chi connectivity index (χ0n) is 7.63. The summed E-state index contributed by atoms with van der Waals surface area (Å²) in [7, 11) is 0. The molecule has 0 amide bonds. The van der Waals surface area contributed by atoms with Crippen molar-refractivity contribution < 1.29 is 4.39 Å². The summed E-state index contributed by atoms with van der Waals surface area (Å²) in [4.78, 5) is 6.85. The van der Waals surface area contributed by atoms with Gasteiger partial charge < -0.3 is 4.98 Å². The average Bonchev–Trinajstić information content (AvgIpc) is 2.48. The Morgan fingerprint density at radius 3 is 2.92 bits per heavy atom. The highest BCUT2D eigenvalue weighted by Gasteiger charge is 2.10. The van der Waals surface area contributed by atoms with Crippen LogP contribution in [0.3, 0.4) is 0 Å². The number of rotatable bonds is 1. The van der Waals surface area contributed by atoms with Crippen molar-refractivity contribution >= 4 is 11.0 Å². The van der Waals surface area contributed by atoms with Gasteiger partial charge in [0.15, 0.2) is 0 Å². The summed E-state index contributed by atoms with van der Waals surface area (Å²) in [5.41, 5.74) is 1.63. The fourth-order valence-corrected chi connectivity index (χ4v) is 1.52. The molecular weight excluding hydrogens is 167 g/mol. The maximum absolute atomic E-state index is 13.3. The lowest BCUT2D eigenvalue weighted by Crippen LogP contribution is -1.90. The Labute approximate surface area is 75.8 Å². The molecule has 0 spiro atoms. The molecule has 0 bridgehead atoms. The van der Waals surface area contributed by atoms with E-state index in [-0.39, 0.29) is 5.82 Å². The van der Waals surface area contributed by atoms with Crippen LogP contribution < -0.4 is 0 Å². The van der Waals surface area contributed by atoms with Crippen LogP contribution in [0, 0.1) is 5.82 Å². The van der Waals surface area contributed by atoms with Gasteiger partial charge in [-0.15, -0.1) is 0 Å². The van der Waals surface area contributed by atoms with Gasteiger partial charge in [-0.25, -0.2) is 9.37 Å². The first kappa shape index (κ1) is 8.23. The second kappa shape index (κ2) is 2.83. The van der Waals surface area contributed by atoms with Crippen LogP contribution in [0.2, 0.25) is 0 Å². The van der Waals surface area contributed by atoms with Crippen LogP contribution >= 0.6 is 0 Å². The highest BCUT2D eigenvalue weighted by atomic mass is 19.1. The lowest BCUT2D eigenvalue weighted by molar-refractivity contribution is 0.637. The number of hydrogen-bond acceptors (Lipinski definition) is 1. The van der Waals surface area contributed by atoms with Crippen molar-refractivity contribution in [2.45, 2.75) is 19.8 Å². The van der Waals surface area contributed by atoms with Gasteiger partial charge in [-0.2, -0.15) is 0 Å². The molecule has 2 heterocycles. The minimum absolute atomic E-state index is 0.216. The van der Waals surface area contributed by atoms with Crippen molar-refractivity contribution in [3.05, 3.63) is 29.8 Å². The van der Waals surface area contributed by atoms with Gasteiger partial charge in [-0.05, 0) is 17.5 Å². The summed E-state index contributed by atoms with van der Waals surface area (Å²) in [5.74, 6) is 0.0996. The normalized spacial score (nSPS) is 11.4. The second-order valence-corrected chi connectivity index (χ2v) is 3.42. The van der Waals surface area contributed by atoms with E-state index in [1.807, 2.05) is 19.9 Å². The molecule has 1 N–H and O–H groups in total. The van der Waals surface area contributed by atoms with Crippen LogP contribution in [0.15, 0.2) is 18.5 Å². The molecule has 3 heteroatoms. The third kappa shape index (κ3) is 1.20. The Morgan fingerprint density at radius 1 is 1.46 bits per heavy atom. The van der Waals surface area contributed by atoms with Gasteiger partial charge in [-0.3, -0.25) is 0 Å². The number of nitrogens with zero attached hydrogens (tertiary/aromatic N) is 1. The minimum atomic E-state index is -0.216. The van der Waals surface area contributed by atoms with E-state index in [9.17, 15) is 4.39 Å². The van der Waals surface area contributed by atoms with Gasteiger partial charge in [0.05, 0.1) is 5.39 Å². The van der Waals surface area contributed by atoms with E-state index in [0.717, 1.165) is 5.56 Å². The first-order valence-corrected chi connectivity index (χ1v) is 4.31. The summed E-state index contributed by atoms with van der Waals surface area (Å²) < 4.78 is 13.3. The lowest BCUT2D eigenvalue weighted by Gasteiger charge is -2.05. The molecular formula is C10H11FN2. The molecule has 2 aromatic heterocycles. The molecule has 13 heavy (non-hydrogen) atoms. The van der Waals surface area contributed by atoms with Gasteiger partial charge in [0.25, 0.3) is 0 Å². The van der Waals surface area contributed by atoms with Gasteiger partial charge in [0.2, 0.25) is 0 Å². The fraction of sp³-hybridized carbons (Fsp3) is 0.300. The molecule has 0 aromatic carbocycles. The number of aromatic amines is 1. The molecule has 2 aromatic rings. The highest BCUT2D eigenvalue weighted by Crippen LogP contribution is 2.25. The van der Waals surface area contributed by atoms with E-state index in [1.165, 1.54) is 6.20 Å². The van der Waals surface area contributed by atoms with Crippen LogP contribution in [0.4, 0.5) is 4.39 Å². The van der Waals surface area contributed by atoms with Crippen molar-refractivity contribution in [1.82, 2.24) is 9.97 Å². The number of aromatic nitrogens is 2. The van der Waals surface area contributed by atoms with E-state index in [2.05, 4.69) is 9.97 Å². The summed E-state index contributed by atoms with van der Waals surface area (Å²) in [5, 5.41) is 0.623. The first-order chi connectivity index (χ1) is 6.20. The highest BCUT2D eigenvalue weighted by molar-refractivity contribution is 5.80. The van der Waals surface area contributed by atoms with Gasteiger partial charge in [0.1, 0.15) is 11.5 Å². The maximum Gasteiger partial charge on any atom is 0.150 e. The van der Waals surface area contributed by atoms with E-state index in [4.69, 9.17) is 0 Å². The Hall–Kier alpha value is -1.38. The molecule has 0 fully saturated rings. The molecule has 0 aliphatic carbocycles. The molecule has 0 unspecified atom stereocenters. The van der Waals surface area contributed by atoms with Crippen molar-refractivity contribution in [2.75, 3.05) is 0 Å². The standard InChI is InChI=1S/C10H11FN2/c1-6(2)7-3-4-12-10-9(7)8(11)5-13-10/h3-6H,1-2H3,(H,12,13). The average molecular weight is 178 g/mol. The number of halogens is 1. The Kier molecular flexibility index (Phi) is 1.79. The van der Waals surface area contributed by atoms with Crippen molar-refractivity contribution in [2.24, 2.45) is 0 Å². The van der Waals surface area contributed by atoms with Gasteiger partial charge in [-0.1, -0.05) is 13.8 Å². The third-order valence-electron chi connectivity index (χ3n) is 2.18. The van der Waals surface area contributed by atoms with Crippen LogP contribution in [0.25, 0.3) is 11.0 Å². The zero-order chi connectivity index (χ0) is 9.42. The fourth-order valence-electron chi connectivity index (χ4n) is 1.52. The van der Waals surface area contributed by atoms with Crippen molar-refractivity contribution in [1.29, 1.82) is 0 Å². The Balaban J connectivity index is 2.80. The Bertz CT molecular complexity index is 431. The molecule has 0 aliphatic heterocycles. The number of nitrogens with one attached hydrogen (secondary N) is 1. The van der Waals surface area contributed by atoms with Crippen molar-refractivity contribution in [3.8, 4) is 0 Å². The van der Waals surface area contributed by atoms with Crippen LogP contribution in [0.1, 0.15) is 25.3 Å². The molecule has 0 saturated carbocycles. The van der Waals surface area contributed by atoms with Gasteiger partial charge in [0, 0.05) is 12.4 Å². The molecule has 2 rings (SSSR count). The van der Waals surface area contributed by atoms with E-state index < -0.39 is 0 Å². The first-order valence-electron chi connectivity index (χ1n) is 4.31. The summed E-state index contributed by atoms with van der Waals surface area (Å²) in [6, 6.07) is 1.86. The van der Waals surface area contributed by atoms with E-state index in [1.54, 1.807) is 6.20 Å². The van der Waals surface area contributed by atoms with Crippen LogP contribution in [-0.2, 0) is 0 Å². The predicted molar refractivity (Wildman–Crippen MR) is 50.1 cm³/mol. The number of hydrogen-bond donors (Lipinski definition) is 1. The molecule has 0 atom stereocenters. The van der Waals surface area contributed by atoms with Crippen molar-refractivity contribution in [3.63, 3.8) is 0 Å². The third-order valence-corrected chi connectivity index (χ3v) is 2.18. The van der Waals surface area contributed by atoms with Crippen LogP contribution in [0.5, 0.6) is 0 Å². The lowest BCUT2D eigenvalue weighted by atomic mass is 10.0. The van der Waals surface area contributed by atoms with E-state index in [0.29, 0.717) is 17.0 Å². The molecule has 68 valence electrons. The predicted octanol–water partition coefficient (Wildman–Crippen LogP) is 2.83. The van der Waals surface area contributed by atoms with Crippen LogP contribution in [-0.4, -0.2) is 9.97 Å². The molecule has 0 radical (unpaired) electrons. The molecule has 0 aliphatic rings. The number of H-pyrrole nitrogens is 1. The second-order valence-electron chi connectivity index (χ2n) is 3.42. The SMILES string of the molecule is CC(C)c1ccnc2[nH]cc(F)c12. The van der Waals surface area contributed by atoms with E-state index >= 15 is 0 Å². The minimum Gasteiger partial charge on any atom is -0.343 e. The Morgan fingerprint density at radius 2 is 2.23 bits per heavy atom. The number of fused-ring (bicyclic) bond motifs is 1. The zero-order valence-corrected chi connectivity index (χ0v) is 7.63. The summed E-state index contributed by atoms with van der Waals surface area (Å²) in [6.45, 7) is 4.09. The molecule has 0 saturated heterocycles.